The quantitative estimate of drug-likeness (QED) is 0.640. The number of carbonyl (C=O) groups is 1. The predicted octanol–water partition coefficient (Wildman–Crippen LogP) is 3.21. The first-order chi connectivity index (χ1) is 10.8. The highest BCUT2D eigenvalue weighted by Crippen LogP contribution is 2.20. The fourth-order valence-electron chi connectivity index (χ4n) is 3.19. The van der Waals surface area contributed by atoms with Crippen LogP contribution in [0.2, 0.25) is 0 Å². The van der Waals surface area contributed by atoms with Crippen molar-refractivity contribution in [3.05, 3.63) is 0 Å². The topological polar surface area (TPSA) is 70.6 Å². The standard InChI is InChI=1S/C18H36N2O3/c1-5-6-14(11-12-21)13-19-15-7-9-16(10-8-15)20-17(22)23-18(2,3)4/h14-16,19,21H,5-13H2,1-4H3,(H,20,22). The third kappa shape index (κ3) is 9.16. The Morgan fingerprint density at radius 1 is 1.17 bits per heavy atom. The first-order valence-corrected chi connectivity index (χ1v) is 9.17. The number of hydrogen-bond donors (Lipinski definition) is 3. The second-order valence-electron chi connectivity index (χ2n) is 7.77. The highest BCUT2D eigenvalue weighted by molar-refractivity contribution is 5.68. The largest absolute Gasteiger partial charge is 0.444 e. The summed E-state index contributed by atoms with van der Waals surface area (Å²) in [5.74, 6) is 0.572. The fourth-order valence-corrected chi connectivity index (χ4v) is 3.19. The predicted molar refractivity (Wildman–Crippen MR) is 93.5 cm³/mol. The Bertz CT molecular complexity index is 328. The molecular weight excluding hydrogens is 292 g/mol. The van der Waals surface area contributed by atoms with Crippen molar-refractivity contribution in [2.24, 2.45) is 5.92 Å². The Balaban J connectivity index is 2.23. The molecule has 1 aliphatic rings. The normalized spacial score (nSPS) is 23.3. The van der Waals surface area contributed by atoms with Gasteiger partial charge in [-0.15, -0.1) is 0 Å². The SMILES string of the molecule is CCCC(CCO)CNC1CCC(NC(=O)OC(C)(C)C)CC1. The van der Waals surface area contributed by atoms with Crippen LogP contribution in [0.5, 0.6) is 0 Å². The zero-order valence-corrected chi connectivity index (χ0v) is 15.4. The van der Waals surface area contributed by atoms with Crippen LogP contribution in [-0.4, -0.2) is 42.0 Å². The number of aliphatic hydroxyl groups is 1. The second kappa shape index (κ2) is 10.1. The summed E-state index contributed by atoms with van der Waals surface area (Å²) >= 11 is 0. The number of carbonyl (C=O) groups excluding carboxylic acids is 1. The van der Waals surface area contributed by atoms with Crippen molar-refractivity contribution in [1.29, 1.82) is 0 Å². The van der Waals surface area contributed by atoms with Gasteiger partial charge < -0.3 is 20.5 Å². The molecule has 23 heavy (non-hydrogen) atoms. The van der Waals surface area contributed by atoms with Gasteiger partial charge in [-0.05, 0) is 71.8 Å². The maximum Gasteiger partial charge on any atom is 0.407 e. The first-order valence-electron chi connectivity index (χ1n) is 9.17. The number of nitrogens with one attached hydrogen (secondary N) is 2. The minimum absolute atomic E-state index is 0.229. The van der Waals surface area contributed by atoms with E-state index >= 15 is 0 Å². The molecule has 1 rings (SSSR count). The molecule has 1 unspecified atom stereocenters. The van der Waals surface area contributed by atoms with Crippen LogP contribution >= 0.6 is 0 Å². The molecule has 0 aliphatic heterocycles. The molecule has 0 aromatic carbocycles. The van der Waals surface area contributed by atoms with Gasteiger partial charge in [0, 0.05) is 18.7 Å². The molecule has 0 aromatic rings. The van der Waals surface area contributed by atoms with Crippen molar-refractivity contribution in [3.8, 4) is 0 Å². The second-order valence-corrected chi connectivity index (χ2v) is 7.77. The van der Waals surface area contributed by atoms with Crippen molar-refractivity contribution in [2.75, 3.05) is 13.2 Å². The third-order valence-corrected chi connectivity index (χ3v) is 4.38. The number of amides is 1. The van der Waals surface area contributed by atoms with E-state index in [1.54, 1.807) is 0 Å². The maximum atomic E-state index is 11.8. The van der Waals surface area contributed by atoms with Crippen LogP contribution in [-0.2, 0) is 4.74 Å². The average Bonchev–Trinajstić information content (AvgIpc) is 2.44. The number of rotatable bonds is 8. The molecule has 0 aromatic heterocycles. The number of aliphatic hydroxyl groups excluding tert-OH is 1. The molecule has 136 valence electrons. The van der Waals surface area contributed by atoms with Gasteiger partial charge in [-0.3, -0.25) is 0 Å². The Labute approximate surface area is 141 Å². The molecule has 1 saturated carbocycles. The molecule has 1 aliphatic carbocycles. The highest BCUT2D eigenvalue weighted by Gasteiger charge is 2.24. The van der Waals surface area contributed by atoms with E-state index < -0.39 is 5.60 Å². The van der Waals surface area contributed by atoms with Gasteiger partial charge >= 0.3 is 6.09 Å². The molecular formula is C18H36N2O3. The van der Waals surface area contributed by atoms with E-state index in [9.17, 15) is 4.79 Å². The molecule has 1 atom stereocenters. The lowest BCUT2D eigenvalue weighted by Gasteiger charge is -2.31. The van der Waals surface area contributed by atoms with E-state index in [0.717, 1.165) is 38.6 Å². The van der Waals surface area contributed by atoms with Gasteiger partial charge in [-0.25, -0.2) is 4.79 Å². The van der Waals surface area contributed by atoms with E-state index in [0.29, 0.717) is 12.0 Å². The van der Waals surface area contributed by atoms with Crippen LogP contribution in [0.1, 0.15) is 72.6 Å². The monoisotopic (exact) mass is 328 g/mol. The van der Waals surface area contributed by atoms with Crippen LogP contribution in [0.3, 0.4) is 0 Å². The summed E-state index contributed by atoms with van der Waals surface area (Å²) in [7, 11) is 0. The van der Waals surface area contributed by atoms with Gasteiger partial charge in [0.2, 0.25) is 0 Å². The van der Waals surface area contributed by atoms with E-state index in [2.05, 4.69) is 17.6 Å². The number of alkyl carbamates (subject to hydrolysis) is 1. The highest BCUT2D eigenvalue weighted by atomic mass is 16.6. The zero-order chi connectivity index (χ0) is 17.3. The van der Waals surface area contributed by atoms with Crippen molar-refractivity contribution >= 4 is 6.09 Å². The van der Waals surface area contributed by atoms with Gasteiger partial charge in [0.05, 0.1) is 0 Å². The molecule has 0 saturated heterocycles. The smallest absolute Gasteiger partial charge is 0.407 e. The van der Waals surface area contributed by atoms with Gasteiger partial charge in [0.25, 0.3) is 0 Å². The van der Waals surface area contributed by atoms with Crippen molar-refractivity contribution in [2.45, 2.75) is 90.3 Å². The zero-order valence-electron chi connectivity index (χ0n) is 15.4. The van der Waals surface area contributed by atoms with Crippen LogP contribution in [0, 0.1) is 5.92 Å². The first kappa shape index (κ1) is 20.2. The van der Waals surface area contributed by atoms with E-state index in [4.69, 9.17) is 9.84 Å². The average molecular weight is 328 g/mol. The Morgan fingerprint density at radius 3 is 2.30 bits per heavy atom. The van der Waals surface area contributed by atoms with Crippen LogP contribution < -0.4 is 10.6 Å². The molecule has 0 spiro atoms. The maximum absolute atomic E-state index is 11.8. The number of ether oxygens (including phenoxy) is 1. The lowest BCUT2D eigenvalue weighted by Crippen LogP contribution is -2.44. The van der Waals surface area contributed by atoms with E-state index in [1.807, 2.05) is 20.8 Å². The molecule has 3 N–H and O–H groups in total. The molecule has 0 bridgehead atoms. The molecule has 5 nitrogen and oxygen atoms in total. The molecule has 1 fully saturated rings. The summed E-state index contributed by atoms with van der Waals surface area (Å²) in [6, 6.07) is 0.761. The minimum Gasteiger partial charge on any atom is -0.444 e. The molecule has 1 amide bonds. The summed E-state index contributed by atoms with van der Waals surface area (Å²) < 4.78 is 5.31. The molecule has 0 radical (unpaired) electrons. The molecule has 5 heteroatoms. The van der Waals surface area contributed by atoms with Crippen molar-refractivity contribution in [1.82, 2.24) is 10.6 Å². The van der Waals surface area contributed by atoms with E-state index in [1.165, 1.54) is 12.8 Å². The van der Waals surface area contributed by atoms with Crippen molar-refractivity contribution < 1.29 is 14.6 Å². The Kier molecular flexibility index (Phi) is 8.92. The van der Waals surface area contributed by atoms with Crippen LogP contribution in [0.25, 0.3) is 0 Å². The summed E-state index contributed by atoms with van der Waals surface area (Å²) in [5, 5.41) is 15.7. The third-order valence-electron chi connectivity index (χ3n) is 4.38. The van der Waals surface area contributed by atoms with E-state index in [-0.39, 0.29) is 18.7 Å². The van der Waals surface area contributed by atoms with Gasteiger partial charge in [0.1, 0.15) is 5.60 Å². The van der Waals surface area contributed by atoms with Crippen molar-refractivity contribution in [3.63, 3.8) is 0 Å². The van der Waals surface area contributed by atoms with Gasteiger partial charge in [-0.1, -0.05) is 13.3 Å². The summed E-state index contributed by atoms with van der Waals surface area (Å²) in [6.07, 6.45) is 7.07. The Hall–Kier alpha value is -0.810. The fraction of sp³-hybridized carbons (Fsp3) is 0.944. The lowest BCUT2D eigenvalue weighted by molar-refractivity contribution is 0.0489. The van der Waals surface area contributed by atoms with Crippen LogP contribution in [0.15, 0.2) is 0 Å². The van der Waals surface area contributed by atoms with Gasteiger partial charge in [0.15, 0.2) is 0 Å². The summed E-state index contributed by atoms with van der Waals surface area (Å²) in [5.41, 5.74) is -0.441. The van der Waals surface area contributed by atoms with Gasteiger partial charge in [-0.2, -0.15) is 0 Å². The summed E-state index contributed by atoms with van der Waals surface area (Å²) in [4.78, 5) is 11.8. The minimum atomic E-state index is -0.441. The summed E-state index contributed by atoms with van der Waals surface area (Å²) in [6.45, 7) is 9.10. The lowest BCUT2D eigenvalue weighted by atomic mass is 9.90. The number of hydrogen-bond acceptors (Lipinski definition) is 4. The van der Waals surface area contributed by atoms with Crippen LogP contribution in [0.4, 0.5) is 4.79 Å². The Morgan fingerprint density at radius 2 is 1.78 bits per heavy atom. The molecule has 0 heterocycles.